The Kier molecular flexibility index (Phi) is 63.2. The topological polar surface area (TPSA) is 148 Å². The fraction of sp³-hybridized carbons (Fsp3) is 0.830. The van der Waals surface area contributed by atoms with Crippen molar-refractivity contribution in [1.82, 2.24) is 0 Å². The van der Waals surface area contributed by atoms with E-state index in [1.165, 1.54) is 398 Å². The molecular formula is C106H204O16Si12. The lowest BCUT2D eigenvalue weighted by molar-refractivity contribution is -0.152. The van der Waals surface area contributed by atoms with E-state index in [-0.39, 0.29) is 0 Å². The molecule has 0 radical (unpaired) electrons. The smallest absolute Gasteiger partial charge is 0.0861 e. The first-order valence-electron chi connectivity index (χ1n) is 56.4. The molecule has 16 heterocycles. The van der Waals surface area contributed by atoms with E-state index in [9.17, 15) is 0 Å². The molecule has 17 unspecified atom stereocenters. The van der Waals surface area contributed by atoms with Gasteiger partial charge in [-0.3, -0.25) is 0 Å². The second-order valence-electron chi connectivity index (χ2n) is 42.8. The molecule has 16 aliphatic rings. The van der Waals surface area contributed by atoms with Gasteiger partial charge in [0.15, 0.2) is 0 Å². The Morgan fingerprint density at radius 2 is 0.716 bits per heavy atom. The SMILES string of the molecule is CCC1(COCc2ccc(CC[SiH3])cc2)COC1.CCC1(COCc2ccc(C[SiH3])cc2)COC1.CCC1(COCc2ccc([SiH3])cc2)COC1.[SiH3]CC1CC2CCC1O2.[SiH3]CC1CCOC1.[SiH3]CCC1CC2CCC1O2.[SiH3]CCC1CCCO1.[SiH3]CCC1CCOC1.[SiH3]CCCC1CC2CCC1O2.[SiH3]CCCC1CCCO1.[SiH3]CCCC1CCOC1.[SiH3]CCCOC1CC2CCC1O2. The third-order valence-electron chi connectivity index (χ3n) is 31.4. The zero-order valence-electron chi connectivity index (χ0n) is 88.7. The van der Waals surface area contributed by atoms with E-state index in [2.05, 4.69) is 93.6 Å². The summed E-state index contributed by atoms with van der Waals surface area (Å²) in [5.74, 6) is 5.65. The lowest BCUT2D eigenvalue weighted by Gasteiger charge is -2.40. The van der Waals surface area contributed by atoms with Crippen LogP contribution in [0.1, 0.15) is 254 Å². The Morgan fingerprint density at radius 3 is 1.04 bits per heavy atom. The maximum Gasteiger partial charge on any atom is 0.0861 e. The first-order valence-corrected chi connectivity index (χ1v) is 73.0. The van der Waals surface area contributed by atoms with Crippen LogP contribution in [0.2, 0.25) is 60.4 Å². The van der Waals surface area contributed by atoms with Gasteiger partial charge in [0.25, 0.3) is 0 Å². The zero-order valence-corrected chi connectivity index (χ0v) is 113. The molecular weight excluding hydrogens is 1870 g/mol. The van der Waals surface area contributed by atoms with E-state index in [4.69, 9.17) is 75.8 Å². The summed E-state index contributed by atoms with van der Waals surface area (Å²) in [5, 5.41) is 1.43. The molecule has 0 amide bonds. The van der Waals surface area contributed by atoms with Gasteiger partial charge in [-0.1, -0.05) is 197 Å². The van der Waals surface area contributed by atoms with Crippen molar-refractivity contribution < 1.29 is 75.8 Å². The Morgan fingerprint density at radius 1 is 0.328 bits per heavy atom. The summed E-state index contributed by atoms with van der Waals surface area (Å²) < 4.78 is 88.6. The van der Waals surface area contributed by atoms with Crippen molar-refractivity contribution >= 4 is 128 Å². The van der Waals surface area contributed by atoms with Crippen LogP contribution in [0.15, 0.2) is 72.8 Å². The Balaban J connectivity index is 0.000000182. The highest BCUT2D eigenvalue weighted by Gasteiger charge is 2.45. The van der Waals surface area contributed by atoms with Crippen LogP contribution in [0.5, 0.6) is 0 Å². The van der Waals surface area contributed by atoms with Crippen LogP contribution >= 0.6 is 0 Å². The minimum absolute atomic E-state index is 0.298. The predicted molar refractivity (Wildman–Crippen MR) is 604 cm³/mol. The second-order valence-corrected chi connectivity index (χ2v) is 54.3. The molecule has 17 atom stereocenters. The van der Waals surface area contributed by atoms with Gasteiger partial charge in [-0.05, 0) is 237 Å². The minimum atomic E-state index is 0.298. The minimum Gasteiger partial charge on any atom is -0.381 e. The molecule has 0 spiro atoms. The first-order chi connectivity index (χ1) is 65.5. The number of hydrogen-bond donors (Lipinski definition) is 0. The van der Waals surface area contributed by atoms with E-state index >= 15 is 0 Å². The molecule has 16 nitrogen and oxygen atoms in total. The Bertz CT molecular complexity index is 3260. The van der Waals surface area contributed by atoms with Crippen LogP contribution < -0.4 is 5.19 Å². The van der Waals surface area contributed by atoms with Crippen molar-refractivity contribution in [2.45, 2.75) is 386 Å². The van der Waals surface area contributed by atoms with Crippen LogP contribution in [0.4, 0.5) is 0 Å². The van der Waals surface area contributed by atoms with Crippen LogP contribution in [0.3, 0.4) is 0 Å². The van der Waals surface area contributed by atoms with Gasteiger partial charge in [-0.15, -0.1) is 0 Å². The zero-order chi connectivity index (χ0) is 95.5. The summed E-state index contributed by atoms with van der Waals surface area (Å²) in [6.45, 7) is 25.7. The lowest BCUT2D eigenvalue weighted by atomic mass is 9.84. The molecule has 0 N–H and O–H groups in total. The maximum absolute atomic E-state index is 5.84. The van der Waals surface area contributed by atoms with E-state index in [1.807, 2.05) is 0 Å². The van der Waals surface area contributed by atoms with Crippen molar-refractivity contribution in [3.05, 3.63) is 101 Å². The lowest BCUT2D eigenvalue weighted by Crippen LogP contribution is -2.45. The van der Waals surface area contributed by atoms with Gasteiger partial charge in [0.2, 0.25) is 0 Å². The molecule has 28 heteroatoms. The summed E-state index contributed by atoms with van der Waals surface area (Å²) in [6.07, 6.45) is 50.5. The van der Waals surface area contributed by atoms with Gasteiger partial charge in [0, 0.05) is 205 Å². The molecule has 134 heavy (non-hydrogen) atoms. The summed E-state index contributed by atoms with van der Waals surface area (Å²) >= 11 is 0. The van der Waals surface area contributed by atoms with Crippen molar-refractivity contribution in [2.75, 3.05) is 119 Å². The van der Waals surface area contributed by atoms with Gasteiger partial charge in [0.05, 0.1) is 146 Å². The van der Waals surface area contributed by atoms with E-state index in [0.29, 0.717) is 83.4 Å². The van der Waals surface area contributed by atoms with Gasteiger partial charge in [0.1, 0.15) is 0 Å². The largest absolute Gasteiger partial charge is 0.381 e. The molecule has 19 rings (SSSR count). The van der Waals surface area contributed by atoms with Gasteiger partial charge in [-0.2, -0.15) is 0 Å². The van der Waals surface area contributed by atoms with E-state index in [0.717, 1.165) is 210 Å². The number of benzene rings is 3. The normalized spacial score (nSPS) is 29.3. The summed E-state index contributed by atoms with van der Waals surface area (Å²) in [5.41, 5.74) is 7.61. The molecule has 16 fully saturated rings. The van der Waals surface area contributed by atoms with E-state index in [1.54, 1.807) is 0 Å². The van der Waals surface area contributed by atoms with Crippen molar-refractivity contribution in [2.24, 2.45) is 51.8 Å². The molecule has 16 saturated heterocycles. The number of ether oxygens (including phenoxy) is 16. The molecule has 0 aliphatic carbocycles. The average Bonchev–Trinajstić information content (AvgIpc) is 1.13. The summed E-state index contributed by atoms with van der Waals surface area (Å²) in [6, 6.07) is 41.9. The highest BCUT2D eigenvalue weighted by Crippen LogP contribution is 2.44. The molecule has 0 saturated carbocycles. The van der Waals surface area contributed by atoms with Crippen molar-refractivity contribution in [1.29, 1.82) is 0 Å². The Labute approximate surface area is 855 Å². The van der Waals surface area contributed by atoms with Crippen molar-refractivity contribution in [3.8, 4) is 0 Å². The number of aryl methyl sites for hydroxylation is 1. The average molecular weight is 2070 g/mol. The standard InChI is InChI=1S/C15H24O2Si.C14H22O2Si.C13H20O2Si.C9H18O2Si.C9H18OSi.C8H16OSi.C7H14OSi.2C7H16OSi.2C6H14OSi.C5H12OSi/c1-2-15(11-17-12-15)10-16-9-14-5-3-13(4-6-14)7-8-18;1-2-14(10-16-11-14)9-15-7-12-3-5-13(8-17)6-4-12;1-2-13(9-15-10-13)8-14-7-11-3-5-12(16)6-4-11;12-5-1-4-10-9-6-7-2-3-8(9)11-7;11-5-1-2-7-6-8-3-4-9(7)10-8;10-4-3-6-5-7-1-2-8(6)9-7;9-4-5-3-6-1-2-7(5)8-6;9-6-2-4-7-3-1-5-8-7;9-5-1-2-7-3-4-8-6-7;8-4-2-6-1-3-7-5-6;8-5-3-6-2-1-4-7-6;7-4-5-1-2-6-3-5/h3-6H,2,7-12H2,1,18H3;3-6H,2,7-11H2,1,17H3;3-6H,2,7-10H2,1,16H3;7-9H,1-6H2,12H3;7-9H,1-6H2,11H3;6-8H,1-5H2,10H3;5-7H,1-4H2,9H3;2*7H,1-6H2,9H3;2*6H,1-5H2,8H3;5H,1-4H2,7H3. The fourth-order valence-corrected chi connectivity index (χ4v) is 27.9. The third kappa shape index (κ3) is 45.7. The molecule has 3 aromatic carbocycles. The second kappa shape index (κ2) is 71.2. The highest BCUT2D eigenvalue weighted by atomic mass is 28.2. The van der Waals surface area contributed by atoms with Crippen molar-refractivity contribution in [3.63, 3.8) is 0 Å². The number of fused-ring (bicyclic) bond motifs is 8. The summed E-state index contributed by atoms with van der Waals surface area (Å²) in [7, 11) is 15.9. The van der Waals surface area contributed by atoms with Gasteiger partial charge < -0.3 is 75.8 Å². The van der Waals surface area contributed by atoms with Gasteiger partial charge >= 0.3 is 0 Å². The predicted octanol–water partition coefficient (Wildman–Crippen LogP) is 8.41. The highest BCUT2D eigenvalue weighted by molar-refractivity contribution is 6.32. The quantitative estimate of drug-likeness (QED) is 0.0397. The number of rotatable bonds is 39. The number of hydrogen-bond acceptors (Lipinski definition) is 16. The first kappa shape index (κ1) is 119. The third-order valence-corrected chi connectivity index (χ3v) is 40.1. The fourth-order valence-electron chi connectivity index (χ4n) is 21.3. The monoisotopic (exact) mass is 2070 g/mol. The molecule has 16 aliphatic heterocycles. The van der Waals surface area contributed by atoms with Crippen LogP contribution in [0, 0.1) is 51.8 Å². The van der Waals surface area contributed by atoms with E-state index < -0.39 is 0 Å². The van der Waals surface area contributed by atoms with Crippen LogP contribution in [0.25, 0.3) is 0 Å². The van der Waals surface area contributed by atoms with Crippen LogP contribution in [-0.4, -0.2) is 309 Å². The Hall–Kier alpha value is -0.377. The molecule has 772 valence electrons. The van der Waals surface area contributed by atoms with Gasteiger partial charge in [-0.25, -0.2) is 0 Å². The van der Waals surface area contributed by atoms with Crippen LogP contribution in [-0.2, 0) is 108 Å². The molecule has 0 aromatic heterocycles. The maximum atomic E-state index is 5.84. The molecule has 8 bridgehead atoms. The summed E-state index contributed by atoms with van der Waals surface area (Å²) in [4.78, 5) is 0. The molecule has 3 aromatic rings.